The monoisotopic (exact) mass is 372 g/mol. The number of benzene rings is 2. The fourth-order valence-corrected chi connectivity index (χ4v) is 3.86. The molecule has 4 nitrogen and oxygen atoms in total. The second-order valence-electron chi connectivity index (χ2n) is 6.51. The second kappa shape index (κ2) is 5.79. The van der Waals surface area contributed by atoms with Crippen molar-refractivity contribution < 1.29 is 8.78 Å². The van der Waals surface area contributed by atoms with Gasteiger partial charge in [0.05, 0.1) is 18.1 Å². The first-order chi connectivity index (χ1) is 12.6. The molecular formula is C19H15ClF2N4. The van der Waals surface area contributed by atoms with E-state index in [9.17, 15) is 8.78 Å². The molecule has 0 fully saturated rings. The zero-order valence-corrected chi connectivity index (χ0v) is 14.5. The highest BCUT2D eigenvalue weighted by Crippen LogP contribution is 2.43. The molecule has 0 amide bonds. The van der Waals surface area contributed by atoms with Crippen LogP contribution in [0.5, 0.6) is 0 Å². The van der Waals surface area contributed by atoms with Crippen LogP contribution >= 0.6 is 11.6 Å². The zero-order valence-electron chi connectivity index (χ0n) is 13.8. The lowest BCUT2D eigenvalue weighted by molar-refractivity contribution is 0.505. The Bertz CT molecular complexity index is 1030. The minimum atomic E-state index is -0.476. The first kappa shape index (κ1) is 15.8. The molecule has 0 atom stereocenters. The molecular weight excluding hydrogens is 358 g/mol. The van der Waals surface area contributed by atoms with E-state index in [0.29, 0.717) is 18.8 Å². The smallest absolute Gasteiger partial charge is 0.143 e. The molecule has 0 aliphatic carbocycles. The van der Waals surface area contributed by atoms with Crippen molar-refractivity contribution in [2.45, 2.75) is 19.6 Å². The van der Waals surface area contributed by atoms with Crippen molar-refractivity contribution in [3.8, 4) is 11.3 Å². The van der Waals surface area contributed by atoms with Crippen LogP contribution < -0.4 is 10.2 Å². The number of halogens is 3. The number of hydrogen-bond acceptors (Lipinski definition) is 3. The summed E-state index contributed by atoms with van der Waals surface area (Å²) in [4.78, 5) is 6.78. The van der Waals surface area contributed by atoms with Crippen molar-refractivity contribution in [2.24, 2.45) is 0 Å². The van der Waals surface area contributed by atoms with Gasteiger partial charge in [0.2, 0.25) is 0 Å². The van der Waals surface area contributed by atoms with Crippen LogP contribution in [0.2, 0.25) is 5.02 Å². The molecule has 0 saturated heterocycles. The highest BCUT2D eigenvalue weighted by atomic mass is 35.5. The maximum absolute atomic E-state index is 14.1. The molecule has 2 aliphatic heterocycles. The van der Waals surface area contributed by atoms with Crippen molar-refractivity contribution in [2.75, 3.05) is 11.4 Å². The molecule has 0 bridgehead atoms. The van der Waals surface area contributed by atoms with Gasteiger partial charge in [-0.05, 0) is 42.0 Å². The maximum Gasteiger partial charge on any atom is 0.143 e. The molecule has 1 N–H and O–H groups in total. The van der Waals surface area contributed by atoms with Crippen LogP contribution in [0.4, 0.5) is 20.3 Å². The van der Waals surface area contributed by atoms with Gasteiger partial charge in [-0.1, -0.05) is 11.6 Å². The molecule has 3 heterocycles. The SMILES string of the molecule is Fc1ccc2c(c1)CN(c1ccc(Cl)c(F)c1)c1c-2nc2n1CCNC2. The average molecular weight is 373 g/mol. The molecule has 0 radical (unpaired) electrons. The normalized spacial score (nSPS) is 15.4. The van der Waals surface area contributed by atoms with Crippen LogP contribution in [0.25, 0.3) is 11.3 Å². The summed E-state index contributed by atoms with van der Waals surface area (Å²) in [6, 6.07) is 9.49. The number of nitrogens with zero attached hydrogens (tertiary/aromatic N) is 3. The Kier molecular flexibility index (Phi) is 3.52. The molecule has 5 rings (SSSR count). The fourth-order valence-electron chi connectivity index (χ4n) is 3.74. The highest BCUT2D eigenvalue weighted by Gasteiger charge is 2.31. The summed E-state index contributed by atoms with van der Waals surface area (Å²) >= 11 is 5.85. The molecule has 3 aromatic rings. The Labute approximate surface area is 154 Å². The number of hydrogen-bond donors (Lipinski definition) is 1. The van der Waals surface area contributed by atoms with Crippen LogP contribution in [0.15, 0.2) is 36.4 Å². The van der Waals surface area contributed by atoms with E-state index in [4.69, 9.17) is 16.6 Å². The van der Waals surface area contributed by atoms with Gasteiger partial charge in [0.15, 0.2) is 0 Å². The minimum Gasteiger partial charge on any atom is -0.321 e. The first-order valence-corrected chi connectivity index (χ1v) is 8.81. The predicted octanol–water partition coefficient (Wildman–Crippen LogP) is 4.24. The topological polar surface area (TPSA) is 33.1 Å². The molecule has 132 valence electrons. The third-order valence-corrected chi connectivity index (χ3v) is 5.24. The molecule has 2 aromatic carbocycles. The van der Waals surface area contributed by atoms with Gasteiger partial charge in [-0.3, -0.25) is 0 Å². The van der Waals surface area contributed by atoms with E-state index in [0.717, 1.165) is 41.6 Å². The van der Waals surface area contributed by atoms with Crippen LogP contribution in [0.3, 0.4) is 0 Å². The van der Waals surface area contributed by atoms with Crippen LogP contribution in [-0.4, -0.2) is 16.1 Å². The van der Waals surface area contributed by atoms with Crippen LogP contribution in [0, 0.1) is 11.6 Å². The number of anilines is 2. The third-order valence-electron chi connectivity index (χ3n) is 4.94. The van der Waals surface area contributed by atoms with E-state index in [1.807, 2.05) is 4.90 Å². The van der Waals surface area contributed by atoms with Crippen molar-refractivity contribution in [3.63, 3.8) is 0 Å². The Morgan fingerprint density at radius 3 is 2.85 bits per heavy atom. The quantitative estimate of drug-likeness (QED) is 0.693. The summed E-state index contributed by atoms with van der Waals surface area (Å²) in [7, 11) is 0. The summed E-state index contributed by atoms with van der Waals surface area (Å²) in [5, 5.41) is 3.40. The first-order valence-electron chi connectivity index (χ1n) is 8.43. The summed E-state index contributed by atoms with van der Waals surface area (Å²) < 4.78 is 30.1. The number of imidazole rings is 1. The molecule has 26 heavy (non-hydrogen) atoms. The standard InChI is InChI=1S/C19H15ClF2N4/c20-15-4-2-13(8-16(15)22)26-10-11-7-12(21)1-3-14(11)18-19(26)25-6-5-23-9-17(25)24-18/h1-4,7-8,23H,5-6,9-10H2. The summed E-state index contributed by atoms with van der Waals surface area (Å²) in [6.07, 6.45) is 0. The molecule has 1 aromatic heterocycles. The Hall–Kier alpha value is -2.44. The average Bonchev–Trinajstić information content (AvgIpc) is 3.03. The van der Waals surface area contributed by atoms with Gasteiger partial charge in [0, 0.05) is 24.3 Å². The van der Waals surface area contributed by atoms with E-state index in [-0.39, 0.29) is 10.8 Å². The molecule has 2 aliphatic rings. The molecule has 0 unspecified atom stereocenters. The predicted molar refractivity (Wildman–Crippen MR) is 96.6 cm³/mol. The Morgan fingerprint density at radius 2 is 2.00 bits per heavy atom. The van der Waals surface area contributed by atoms with Gasteiger partial charge in [0.25, 0.3) is 0 Å². The largest absolute Gasteiger partial charge is 0.321 e. The van der Waals surface area contributed by atoms with Crippen LogP contribution in [0.1, 0.15) is 11.4 Å². The van der Waals surface area contributed by atoms with E-state index < -0.39 is 5.82 Å². The number of rotatable bonds is 1. The van der Waals surface area contributed by atoms with Gasteiger partial charge in [-0.25, -0.2) is 13.8 Å². The summed E-state index contributed by atoms with van der Waals surface area (Å²) in [5.74, 6) is 1.08. The minimum absolute atomic E-state index is 0.0805. The van der Waals surface area contributed by atoms with Crippen molar-refractivity contribution >= 4 is 23.1 Å². The number of fused-ring (bicyclic) bond motifs is 5. The zero-order chi connectivity index (χ0) is 17.8. The lowest BCUT2D eigenvalue weighted by atomic mass is 9.99. The van der Waals surface area contributed by atoms with E-state index >= 15 is 0 Å². The Morgan fingerprint density at radius 1 is 1.12 bits per heavy atom. The lowest BCUT2D eigenvalue weighted by Crippen LogP contribution is -2.31. The number of nitrogens with one attached hydrogen (secondary N) is 1. The van der Waals surface area contributed by atoms with E-state index in [1.54, 1.807) is 18.2 Å². The molecule has 0 saturated carbocycles. The van der Waals surface area contributed by atoms with E-state index in [2.05, 4.69) is 9.88 Å². The highest BCUT2D eigenvalue weighted by molar-refractivity contribution is 6.30. The van der Waals surface area contributed by atoms with Crippen molar-refractivity contribution in [3.05, 3.63) is 64.4 Å². The van der Waals surface area contributed by atoms with Gasteiger partial charge >= 0.3 is 0 Å². The lowest BCUT2D eigenvalue weighted by Gasteiger charge is -2.32. The second-order valence-corrected chi connectivity index (χ2v) is 6.92. The van der Waals surface area contributed by atoms with Crippen molar-refractivity contribution in [1.29, 1.82) is 0 Å². The van der Waals surface area contributed by atoms with Gasteiger partial charge < -0.3 is 14.8 Å². The molecule has 0 spiro atoms. The fraction of sp³-hybridized carbons (Fsp3) is 0.211. The van der Waals surface area contributed by atoms with Gasteiger partial charge in [-0.15, -0.1) is 0 Å². The molecule has 7 heteroatoms. The Balaban J connectivity index is 1.75. The number of aromatic nitrogens is 2. The van der Waals surface area contributed by atoms with Crippen LogP contribution in [-0.2, 0) is 19.6 Å². The van der Waals surface area contributed by atoms with Gasteiger partial charge in [-0.2, -0.15) is 0 Å². The maximum atomic E-state index is 14.1. The van der Waals surface area contributed by atoms with E-state index in [1.165, 1.54) is 18.2 Å². The summed E-state index contributed by atoms with van der Waals surface area (Å²) in [5.41, 5.74) is 3.23. The van der Waals surface area contributed by atoms with Crippen molar-refractivity contribution in [1.82, 2.24) is 14.9 Å². The summed E-state index contributed by atoms with van der Waals surface area (Å²) in [6.45, 7) is 2.74. The third kappa shape index (κ3) is 2.33. The van der Waals surface area contributed by atoms with Gasteiger partial charge in [0.1, 0.15) is 29.0 Å².